The van der Waals surface area contributed by atoms with Gasteiger partial charge in [0.25, 0.3) is 5.91 Å². The summed E-state index contributed by atoms with van der Waals surface area (Å²) in [5.74, 6) is -1.51. The van der Waals surface area contributed by atoms with Gasteiger partial charge in [-0.15, -0.1) is 0 Å². The first kappa shape index (κ1) is 20.8. The monoisotopic (exact) mass is 387 g/mol. The van der Waals surface area contributed by atoms with E-state index in [1.807, 2.05) is 0 Å². The van der Waals surface area contributed by atoms with E-state index in [1.165, 1.54) is 21.3 Å². The Morgan fingerprint density at radius 2 is 1.50 bits per heavy atom. The lowest BCUT2D eigenvalue weighted by molar-refractivity contribution is -0.149. The number of carbonyl (C=O) groups excluding carboxylic acids is 2. The summed E-state index contributed by atoms with van der Waals surface area (Å²) in [4.78, 5) is 34.2. The van der Waals surface area contributed by atoms with E-state index in [4.69, 9.17) is 19.3 Å². The zero-order valence-corrected chi connectivity index (χ0v) is 15.8. The Bertz CT molecular complexity index is 850. The highest BCUT2D eigenvalue weighted by Gasteiger charge is 2.17. The molecule has 8 nitrogen and oxygen atoms in total. The second kappa shape index (κ2) is 9.40. The number of anilines is 1. The fraction of sp³-hybridized carbons (Fsp3) is 0.250. The van der Waals surface area contributed by atoms with Crippen molar-refractivity contribution in [1.82, 2.24) is 0 Å². The number of benzene rings is 2. The summed E-state index contributed by atoms with van der Waals surface area (Å²) in [5, 5.41) is 11.4. The van der Waals surface area contributed by atoms with Gasteiger partial charge in [-0.3, -0.25) is 9.59 Å². The van der Waals surface area contributed by atoms with Crippen LogP contribution >= 0.6 is 0 Å². The Morgan fingerprint density at radius 1 is 0.929 bits per heavy atom. The lowest BCUT2D eigenvalue weighted by Gasteiger charge is -2.14. The molecule has 0 aliphatic heterocycles. The van der Waals surface area contributed by atoms with Crippen LogP contribution in [0.25, 0.3) is 0 Å². The number of carboxylic acid groups (broad SMARTS) is 1. The van der Waals surface area contributed by atoms with Crippen LogP contribution in [0.4, 0.5) is 5.69 Å². The topological polar surface area (TPSA) is 111 Å². The molecule has 0 fully saturated rings. The van der Waals surface area contributed by atoms with Crippen molar-refractivity contribution in [3.8, 4) is 17.2 Å². The normalized spacial score (nSPS) is 10.1. The number of amides is 1. The first-order valence-electron chi connectivity index (χ1n) is 8.36. The number of aliphatic carboxylic acids is 1. The average molecular weight is 387 g/mol. The van der Waals surface area contributed by atoms with Gasteiger partial charge in [0.05, 0.1) is 21.3 Å². The van der Waals surface area contributed by atoms with Gasteiger partial charge in [0.15, 0.2) is 11.5 Å². The van der Waals surface area contributed by atoms with Crippen molar-refractivity contribution in [3.05, 3.63) is 47.5 Å². The van der Waals surface area contributed by atoms with E-state index >= 15 is 0 Å². The minimum Gasteiger partial charge on any atom is -0.493 e. The summed E-state index contributed by atoms with van der Waals surface area (Å²) in [6.07, 6.45) is 0.235. The average Bonchev–Trinajstić information content (AvgIpc) is 2.71. The number of carbonyl (C=O) groups is 3. The molecule has 0 heterocycles. The Labute approximate surface area is 162 Å². The second-order valence-corrected chi connectivity index (χ2v) is 5.79. The Hall–Kier alpha value is -3.55. The van der Waals surface area contributed by atoms with E-state index in [0.717, 1.165) is 5.56 Å². The number of ether oxygens (including phenoxy) is 3. The van der Waals surface area contributed by atoms with E-state index in [0.29, 0.717) is 34.9 Å². The summed E-state index contributed by atoms with van der Waals surface area (Å²) >= 11 is 0. The van der Waals surface area contributed by atoms with Gasteiger partial charge >= 0.3 is 5.97 Å². The molecule has 0 atom stereocenters. The first-order chi connectivity index (χ1) is 13.4. The fourth-order valence-corrected chi connectivity index (χ4v) is 2.53. The minimum atomic E-state index is -1.44. The molecule has 0 bridgehead atoms. The predicted molar refractivity (Wildman–Crippen MR) is 101 cm³/mol. The van der Waals surface area contributed by atoms with Crippen LogP contribution in [0.1, 0.15) is 22.3 Å². The number of rotatable bonds is 9. The van der Waals surface area contributed by atoms with E-state index in [-0.39, 0.29) is 12.3 Å². The fourth-order valence-electron chi connectivity index (χ4n) is 2.53. The number of nitrogens with one attached hydrogen (secondary N) is 1. The quantitative estimate of drug-likeness (QED) is 0.636. The van der Waals surface area contributed by atoms with E-state index in [1.54, 1.807) is 36.4 Å². The molecule has 2 N–H and O–H groups in total. The summed E-state index contributed by atoms with van der Waals surface area (Å²) in [6.45, 7) is 0. The summed E-state index contributed by atoms with van der Waals surface area (Å²) in [7, 11) is 4.41. The van der Waals surface area contributed by atoms with Crippen molar-refractivity contribution >= 4 is 23.3 Å². The lowest BCUT2D eigenvalue weighted by atomic mass is 10.1. The highest BCUT2D eigenvalue weighted by Crippen LogP contribution is 2.38. The van der Waals surface area contributed by atoms with Crippen molar-refractivity contribution in [1.29, 1.82) is 0 Å². The number of hydrogen-bond donors (Lipinski definition) is 2. The van der Waals surface area contributed by atoms with Crippen molar-refractivity contribution in [2.24, 2.45) is 0 Å². The molecule has 2 aromatic carbocycles. The highest BCUT2D eigenvalue weighted by atomic mass is 16.5. The van der Waals surface area contributed by atoms with Gasteiger partial charge in [0, 0.05) is 17.7 Å². The number of Topliss-reactive ketones (excluding diaryl/α,β-unsaturated/α-hetero) is 1. The molecule has 1 amide bonds. The van der Waals surface area contributed by atoms with Crippen molar-refractivity contribution in [2.45, 2.75) is 12.8 Å². The van der Waals surface area contributed by atoms with Crippen molar-refractivity contribution in [3.63, 3.8) is 0 Å². The maximum atomic E-state index is 12.6. The van der Waals surface area contributed by atoms with Crippen LogP contribution < -0.4 is 19.5 Å². The van der Waals surface area contributed by atoms with Crippen LogP contribution in [-0.4, -0.2) is 44.1 Å². The van der Waals surface area contributed by atoms with Gasteiger partial charge in [0.1, 0.15) is 0 Å². The van der Waals surface area contributed by atoms with Crippen LogP contribution in [0.15, 0.2) is 36.4 Å². The summed E-state index contributed by atoms with van der Waals surface area (Å²) < 4.78 is 15.7. The SMILES string of the molecule is COc1cc(C(=O)Nc2ccc(CCC(=O)C(=O)O)cc2)cc(OC)c1OC. The molecule has 0 saturated carbocycles. The molecule has 0 aromatic heterocycles. The number of ketones is 1. The molecule has 28 heavy (non-hydrogen) atoms. The smallest absolute Gasteiger partial charge is 0.372 e. The number of methoxy groups -OCH3 is 3. The maximum Gasteiger partial charge on any atom is 0.372 e. The van der Waals surface area contributed by atoms with E-state index in [9.17, 15) is 14.4 Å². The van der Waals surface area contributed by atoms with Gasteiger partial charge in [0.2, 0.25) is 11.5 Å². The maximum absolute atomic E-state index is 12.6. The van der Waals surface area contributed by atoms with Gasteiger partial charge < -0.3 is 24.6 Å². The third-order valence-corrected chi connectivity index (χ3v) is 4.02. The Kier molecular flexibility index (Phi) is 6.97. The van der Waals surface area contributed by atoms with Gasteiger partial charge in [-0.05, 0) is 36.2 Å². The van der Waals surface area contributed by atoms with Gasteiger partial charge in [-0.25, -0.2) is 4.79 Å². The first-order valence-corrected chi connectivity index (χ1v) is 8.36. The highest BCUT2D eigenvalue weighted by molar-refractivity contribution is 6.32. The molecule has 0 spiro atoms. The third kappa shape index (κ3) is 5.00. The Balaban J connectivity index is 2.10. The van der Waals surface area contributed by atoms with Gasteiger partial charge in [-0.2, -0.15) is 0 Å². The third-order valence-electron chi connectivity index (χ3n) is 4.02. The van der Waals surface area contributed by atoms with Crippen molar-refractivity contribution in [2.75, 3.05) is 26.6 Å². The molecule has 0 aliphatic rings. The molecular weight excluding hydrogens is 366 g/mol. The van der Waals surface area contributed by atoms with Crippen molar-refractivity contribution < 1.29 is 33.7 Å². The van der Waals surface area contributed by atoms with Gasteiger partial charge in [-0.1, -0.05) is 12.1 Å². The lowest BCUT2D eigenvalue weighted by Crippen LogP contribution is -2.13. The zero-order valence-electron chi connectivity index (χ0n) is 15.8. The van der Waals surface area contributed by atoms with Crippen LogP contribution in [0.3, 0.4) is 0 Å². The zero-order chi connectivity index (χ0) is 20.7. The van der Waals surface area contributed by atoms with Crippen LogP contribution in [0.5, 0.6) is 17.2 Å². The van der Waals surface area contributed by atoms with Crippen LogP contribution in [-0.2, 0) is 16.0 Å². The molecule has 8 heteroatoms. The molecule has 0 saturated heterocycles. The summed E-state index contributed by atoms with van der Waals surface area (Å²) in [6, 6.07) is 9.89. The number of aryl methyl sites for hydroxylation is 1. The molecule has 148 valence electrons. The molecular formula is C20H21NO7. The predicted octanol–water partition coefficient (Wildman–Crippen LogP) is 2.55. The molecule has 2 aromatic rings. The van der Waals surface area contributed by atoms with E-state index < -0.39 is 11.8 Å². The molecule has 2 rings (SSSR count). The minimum absolute atomic E-state index is 0.0769. The van der Waals surface area contributed by atoms with Crippen LogP contribution in [0.2, 0.25) is 0 Å². The Morgan fingerprint density at radius 3 is 1.96 bits per heavy atom. The summed E-state index contributed by atoms with van der Waals surface area (Å²) in [5.41, 5.74) is 1.66. The molecule has 0 aliphatic carbocycles. The largest absolute Gasteiger partial charge is 0.493 e. The number of hydrogen-bond acceptors (Lipinski definition) is 6. The van der Waals surface area contributed by atoms with Crippen LogP contribution in [0, 0.1) is 0 Å². The number of carboxylic acids is 1. The van der Waals surface area contributed by atoms with E-state index in [2.05, 4.69) is 5.32 Å². The standard InChI is InChI=1S/C20H21NO7/c1-26-16-10-13(11-17(27-2)18(16)28-3)19(23)21-14-7-4-12(5-8-14)6-9-15(22)20(24)25/h4-5,7-8,10-11H,6,9H2,1-3H3,(H,21,23)(H,24,25). The second-order valence-electron chi connectivity index (χ2n) is 5.79. The molecule has 0 unspecified atom stereocenters. The molecule has 0 radical (unpaired) electrons.